The number of hydrogen-bond acceptors (Lipinski definition) is 5. The Balaban J connectivity index is 2.68. The van der Waals surface area contributed by atoms with E-state index in [2.05, 4.69) is 32.9 Å². The Morgan fingerprint density at radius 2 is 2.35 bits per heavy atom. The molecule has 94 valence electrons. The van der Waals surface area contributed by atoms with E-state index in [4.69, 9.17) is 9.47 Å². The van der Waals surface area contributed by atoms with Crippen molar-refractivity contribution in [3.63, 3.8) is 0 Å². The van der Waals surface area contributed by atoms with Gasteiger partial charge in [-0.15, -0.1) is 0 Å². The van der Waals surface area contributed by atoms with Gasteiger partial charge in [-0.05, 0) is 35.6 Å². The zero-order valence-corrected chi connectivity index (χ0v) is 12.0. The first kappa shape index (κ1) is 14.2. The summed E-state index contributed by atoms with van der Waals surface area (Å²) in [6.07, 6.45) is 1.51. The van der Waals surface area contributed by atoms with E-state index in [1.807, 2.05) is 0 Å². The number of aromatic nitrogens is 1. The third-order valence-electron chi connectivity index (χ3n) is 1.95. The minimum atomic E-state index is -0.346. The lowest BCUT2D eigenvalue weighted by atomic mass is 10.3. The van der Waals surface area contributed by atoms with E-state index in [0.717, 1.165) is 9.39 Å². The molecule has 1 N–H and O–H groups in total. The molecule has 1 aromatic heterocycles. The summed E-state index contributed by atoms with van der Waals surface area (Å²) in [4.78, 5) is 15.6. The van der Waals surface area contributed by atoms with Crippen molar-refractivity contribution in [2.75, 3.05) is 32.2 Å². The zero-order valence-electron chi connectivity index (χ0n) is 9.83. The molecule has 0 fully saturated rings. The van der Waals surface area contributed by atoms with Crippen molar-refractivity contribution in [1.82, 2.24) is 4.98 Å². The summed E-state index contributed by atoms with van der Waals surface area (Å²) in [5.41, 5.74) is 0.466. The van der Waals surface area contributed by atoms with E-state index in [9.17, 15) is 4.79 Å². The summed E-state index contributed by atoms with van der Waals surface area (Å²) in [5.74, 6) is 0.400. The monoisotopic (exact) mass is 350 g/mol. The first-order valence-corrected chi connectivity index (χ1v) is 6.32. The van der Waals surface area contributed by atoms with Gasteiger partial charge in [0.05, 0.1) is 22.3 Å². The minimum Gasteiger partial charge on any atom is -0.462 e. The predicted octanol–water partition coefficient (Wildman–Crippen LogP) is 1.92. The maximum atomic E-state index is 11.5. The highest BCUT2D eigenvalue weighted by Crippen LogP contribution is 2.16. The van der Waals surface area contributed by atoms with Crippen molar-refractivity contribution >= 4 is 34.4 Å². The second-order valence-electron chi connectivity index (χ2n) is 3.19. The summed E-state index contributed by atoms with van der Waals surface area (Å²) in [6, 6.07) is 1.75. The molecule has 0 aromatic carbocycles. The Morgan fingerprint density at radius 3 is 2.94 bits per heavy atom. The zero-order chi connectivity index (χ0) is 12.7. The lowest BCUT2D eigenvalue weighted by Crippen LogP contribution is -2.11. The first-order chi connectivity index (χ1) is 8.19. The van der Waals surface area contributed by atoms with Crippen molar-refractivity contribution in [3.05, 3.63) is 21.4 Å². The molecule has 0 atom stereocenters. The van der Waals surface area contributed by atoms with Crippen molar-refractivity contribution in [1.29, 1.82) is 0 Å². The van der Waals surface area contributed by atoms with Gasteiger partial charge in [-0.1, -0.05) is 0 Å². The summed E-state index contributed by atoms with van der Waals surface area (Å²) in [5, 5.41) is 3.12. The Labute approximate surface area is 114 Å². The van der Waals surface area contributed by atoms with E-state index in [1.54, 1.807) is 20.1 Å². The van der Waals surface area contributed by atoms with Gasteiger partial charge in [0.15, 0.2) is 0 Å². The molecular formula is C11H15IN2O3. The van der Waals surface area contributed by atoms with Crippen LogP contribution >= 0.6 is 22.6 Å². The minimum absolute atomic E-state index is 0.346. The number of methoxy groups -OCH3 is 1. The largest absolute Gasteiger partial charge is 0.462 e. The molecule has 0 aliphatic heterocycles. The lowest BCUT2D eigenvalue weighted by molar-refractivity contribution is 0.0526. The van der Waals surface area contributed by atoms with Crippen LogP contribution < -0.4 is 5.32 Å². The molecule has 0 aliphatic rings. The number of rotatable bonds is 6. The Hall–Kier alpha value is -0.890. The smallest absolute Gasteiger partial charge is 0.339 e. The molecule has 0 radical (unpaired) electrons. The van der Waals surface area contributed by atoms with Gasteiger partial charge in [-0.25, -0.2) is 9.78 Å². The van der Waals surface area contributed by atoms with Gasteiger partial charge in [0, 0.05) is 19.9 Å². The fourth-order valence-electron chi connectivity index (χ4n) is 1.17. The van der Waals surface area contributed by atoms with Crippen LogP contribution in [-0.2, 0) is 9.47 Å². The number of nitrogens with one attached hydrogen (secondary N) is 1. The fourth-order valence-corrected chi connectivity index (χ4v) is 1.83. The molecule has 0 bridgehead atoms. The molecule has 0 amide bonds. The highest BCUT2D eigenvalue weighted by Gasteiger charge is 2.09. The highest BCUT2D eigenvalue weighted by atomic mass is 127. The topological polar surface area (TPSA) is 60.5 Å². The fraction of sp³-hybridized carbons (Fsp3) is 0.455. The summed E-state index contributed by atoms with van der Waals surface area (Å²) >= 11 is 2.13. The molecule has 0 saturated carbocycles. The van der Waals surface area contributed by atoms with Crippen molar-refractivity contribution in [2.24, 2.45) is 0 Å². The predicted molar refractivity (Wildman–Crippen MR) is 73.3 cm³/mol. The van der Waals surface area contributed by atoms with Gasteiger partial charge >= 0.3 is 5.97 Å². The Kier molecular flexibility index (Phi) is 6.20. The average Bonchev–Trinajstić information content (AvgIpc) is 2.31. The molecule has 1 rings (SSSR count). The van der Waals surface area contributed by atoms with E-state index in [0.29, 0.717) is 25.3 Å². The van der Waals surface area contributed by atoms with Crippen LogP contribution in [-0.4, -0.2) is 37.8 Å². The van der Waals surface area contributed by atoms with Gasteiger partial charge in [0.25, 0.3) is 0 Å². The van der Waals surface area contributed by atoms with Gasteiger partial charge < -0.3 is 14.8 Å². The van der Waals surface area contributed by atoms with Crippen LogP contribution in [0.3, 0.4) is 0 Å². The van der Waals surface area contributed by atoms with Gasteiger partial charge in [0.2, 0.25) is 0 Å². The average molecular weight is 350 g/mol. The molecule has 0 unspecified atom stereocenters. The van der Waals surface area contributed by atoms with Crippen molar-refractivity contribution < 1.29 is 14.3 Å². The number of pyridine rings is 1. The van der Waals surface area contributed by atoms with E-state index in [1.165, 1.54) is 6.20 Å². The standard InChI is InChI=1S/C11H15IN2O3/c1-3-17-11(15)8-6-9(12)10(14-7-8)13-4-5-16-2/h6-7H,3-5H2,1-2H3,(H,13,14). The maximum Gasteiger partial charge on any atom is 0.339 e. The number of ether oxygens (including phenoxy) is 2. The number of esters is 1. The quantitative estimate of drug-likeness (QED) is 0.483. The first-order valence-electron chi connectivity index (χ1n) is 5.24. The summed E-state index contributed by atoms with van der Waals surface area (Å²) in [7, 11) is 1.64. The number of halogens is 1. The highest BCUT2D eigenvalue weighted by molar-refractivity contribution is 14.1. The van der Waals surface area contributed by atoms with Gasteiger partial charge in [-0.2, -0.15) is 0 Å². The molecule has 0 aliphatic carbocycles. The second kappa shape index (κ2) is 7.44. The van der Waals surface area contributed by atoms with E-state index in [-0.39, 0.29) is 5.97 Å². The molecular weight excluding hydrogens is 335 g/mol. The molecule has 1 aromatic rings. The summed E-state index contributed by atoms with van der Waals surface area (Å²) < 4.78 is 10.7. The van der Waals surface area contributed by atoms with Crippen molar-refractivity contribution in [3.8, 4) is 0 Å². The Bertz CT molecular complexity index is 385. The number of hydrogen-bond donors (Lipinski definition) is 1. The molecule has 1 heterocycles. The van der Waals surface area contributed by atoms with E-state index < -0.39 is 0 Å². The summed E-state index contributed by atoms with van der Waals surface area (Å²) in [6.45, 7) is 3.43. The maximum absolute atomic E-state index is 11.5. The van der Waals surface area contributed by atoms with E-state index >= 15 is 0 Å². The van der Waals surface area contributed by atoms with Crippen LogP contribution in [0.25, 0.3) is 0 Å². The van der Waals surface area contributed by atoms with Gasteiger partial charge in [0.1, 0.15) is 5.82 Å². The number of carbonyl (C=O) groups is 1. The lowest BCUT2D eigenvalue weighted by Gasteiger charge is -2.08. The number of nitrogens with zero attached hydrogens (tertiary/aromatic N) is 1. The van der Waals surface area contributed by atoms with Crippen LogP contribution in [0, 0.1) is 3.57 Å². The molecule has 17 heavy (non-hydrogen) atoms. The SMILES string of the molecule is CCOC(=O)c1cnc(NCCOC)c(I)c1. The third kappa shape index (κ3) is 4.47. The van der Waals surface area contributed by atoms with Crippen LogP contribution in [0.5, 0.6) is 0 Å². The molecule has 6 heteroatoms. The van der Waals surface area contributed by atoms with Gasteiger partial charge in [-0.3, -0.25) is 0 Å². The second-order valence-corrected chi connectivity index (χ2v) is 4.36. The van der Waals surface area contributed by atoms with Crippen LogP contribution in [0.4, 0.5) is 5.82 Å². The van der Waals surface area contributed by atoms with Crippen LogP contribution in [0.15, 0.2) is 12.3 Å². The van der Waals surface area contributed by atoms with Crippen molar-refractivity contribution in [2.45, 2.75) is 6.92 Å². The molecule has 5 nitrogen and oxygen atoms in total. The molecule has 0 saturated heterocycles. The third-order valence-corrected chi connectivity index (χ3v) is 2.77. The molecule has 0 spiro atoms. The van der Waals surface area contributed by atoms with Crippen LogP contribution in [0.2, 0.25) is 0 Å². The normalized spacial score (nSPS) is 10.1. The van der Waals surface area contributed by atoms with Crippen LogP contribution in [0.1, 0.15) is 17.3 Å². The Morgan fingerprint density at radius 1 is 1.59 bits per heavy atom. The number of anilines is 1. The number of carbonyl (C=O) groups excluding carboxylic acids is 1.